The Balaban J connectivity index is 2.68. The van der Waals surface area contributed by atoms with Crippen LogP contribution >= 0.6 is 0 Å². The monoisotopic (exact) mass is 266 g/mol. The van der Waals surface area contributed by atoms with Crippen LogP contribution in [0.5, 0.6) is 0 Å². The van der Waals surface area contributed by atoms with E-state index in [-0.39, 0.29) is 29.5 Å². The Morgan fingerprint density at radius 3 is 2.42 bits per heavy atom. The Hall–Kier alpha value is -1.78. The zero-order valence-electron chi connectivity index (χ0n) is 11.9. The quantitative estimate of drug-likeness (QED) is 0.826. The molecule has 0 aliphatic rings. The van der Waals surface area contributed by atoms with Gasteiger partial charge in [0.05, 0.1) is 6.26 Å². The van der Waals surface area contributed by atoms with Gasteiger partial charge in [-0.05, 0) is 31.4 Å². The minimum absolute atomic E-state index is 0.00275. The van der Waals surface area contributed by atoms with Gasteiger partial charge in [-0.1, -0.05) is 20.8 Å². The summed E-state index contributed by atoms with van der Waals surface area (Å²) in [6.07, 6.45) is 2.28. The molecule has 0 saturated carbocycles. The number of rotatable bonds is 6. The van der Waals surface area contributed by atoms with Crippen molar-refractivity contribution in [3.05, 3.63) is 24.2 Å². The van der Waals surface area contributed by atoms with Crippen molar-refractivity contribution in [2.75, 3.05) is 0 Å². The van der Waals surface area contributed by atoms with Gasteiger partial charge in [-0.3, -0.25) is 9.59 Å². The van der Waals surface area contributed by atoms with Crippen molar-refractivity contribution in [1.82, 2.24) is 10.6 Å². The summed E-state index contributed by atoms with van der Waals surface area (Å²) in [7, 11) is 0. The lowest BCUT2D eigenvalue weighted by Gasteiger charge is -2.23. The van der Waals surface area contributed by atoms with Crippen molar-refractivity contribution in [2.45, 2.75) is 46.2 Å². The number of hydrogen-bond acceptors (Lipinski definition) is 3. The first-order valence-electron chi connectivity index (χ1n) is 6.60. The summed E-state index contributed by atoms with van der Waals surface area (Å²) in [6, 6.07) is 2.73. The van der Waals surface area contributed by atoms with Crippen LogP contribution in [-0.4, -0.2) is 23.9 Å². The third kappa shape index (κ3) is 4.43. The lowest BCUT2D eigenvalue weighted by molar-refractivity contribution is -0.124. The molecule has 2 amide bonds. The van der Waals surface area contributed by atoms with Gasteiger partial charge in [-0.15, -0.1) is 0 Å². The van der Waals surface area contributed by atoms with E-state index in [1.807, 2.05) is 27.7 Å². The molecule has 1 aromatic heterocycles. The van der Waals surface area contributed by atoms with E-state index >= 15 is 0 Å². The second-order valence-electron chi connectivity index (χ2n) is 4.99. The Morgan fingerprint density at radius 2 is 1.95 bits per heavy atom. The van der Waals surface area contributed by atoms with Crippen LogP contribution in [-0.2, 0) is 4.79 Å². The molecular formula is C14H22N2O3. The molecular weight excluding hydrogens is 244 g/mol. The van der Waals surface area contributed by atoms with E-state index in [9.17, 15) is 9.59 Å². The van der Waals surface area contributed by atoms with Crippen molar-refractivity contribution >= 4 is 11.8 Å². The number of carbonyl (C=O) groups excluding carboxylic acids is 2. The topological polar surface area (TPSA) is 71.3 Å². The number of carbonyl (C=O) groups is 2. The molecule has 0 saturated heterocycles. The van der Waals surface area contributed by atoms with Gasteiger partial charge in [-0.2, -0.15) is 0 Å². The van der Waals surface area contributed by atoms with E-state index in [2.05, 4.69) is 10.6 Å². The molecule has 2 N–H and O–H groups in total. The summed E-state index contributed by atoms with van der Waals surface area (Å²) in [5, 5.41) is 5.58. The molecule has 106 valence electrons. The maximum atomic E-state index is 12.1. The second-order valence-corrected chi connectivity index (χ2v) is 4.99. The van der Waals surface area contributed by atoms with Gasteiger partial charge in [0.15, 0.2) is 5.76 Å². The highest BCUT2D eigenvalue weighted by Gasteiger charge is 2.26. The minimum Gasteiger partial charge on any atom is -0.459 e. The first-order valence-corrected chi connectivity index (χ1v) is 6.60. The first kappa shape index (κ1) is 15.3. The molecule has 1 heterocycles. The summed E-state index contributed by atoms with van der Waals surface area (Å²) < 4.78 is 5.01. The van der Waals surface area contributed by atoms with Crippen molar-refractivity contribution in [3.8, 4) is 0 Å². The van der Waals surface area contributed by atoms with E-state index < -0.39 is 6.04 Å². The van der Waals surface area contributed by atoms with Crippen LogP contribution in [0.3, 0.4) is 0 Å². The molecule has 1 rings (SSSR count). The highest BCUT2D eigenvalue weighted by atomic mass is 16.3. The summed E-state index contributed by atoms with van der Waals surface area (Å²) in [5.41, 5.74) is 0. The maximum Gasteiger partial charge on any atom is 0.287 e. The fraction of sp³-hybridized carbons (Fsp3) is 0.571. The molecule has 0 bridgehead atoms. The molecule has 0 fully saturated rings. The Bertz CT molecular complexity index is 412. The van der Waals surface area contributed by atoms with E-state index in [1.54, 1.807) is 12.1 Å². The lowest BCUT2D eigenvalue weighted by Crippen LogP contribution is -2.51. The molecule has 0 aliphatic heterocycles. The van der Waals surface area contributed by atoms with Crippen LogP contribution in [0.25, 0.3) is 0 Å². The Labute approximate surface area is 113 Å². The molecule has 0 aliphatic carbocycles. The number of furan rings is 1. The average Bonchev–Trinajstić information content (AvgIpc) is 2.88. The smallest absolute Gasteiger partial charge is 0.287 e. The van der Waals surface area contributed by atoms with E-state index in [0.717, 1.165) is 6.42 Å². The Kier molecular flexibility index (Phi) is 5.60. The number of nitrogens with one attached hydrogen (secondary N) is 2. The summed E-state index contributed by atoms with van der Waals surface area (Å²) >= 11 is 0. The molecule has 0 radical (unpaired) electrons. The molecule has 1 aromatic rings. The molecule has 5 heteroatoms. The highest BCUT2D eigenvalue weighted by molar-refractivity contribution is 5.95. The van der Waals surface area contributed by atoms with Crippen molar-refractivity contribution < 1.29 is 14.0 Å². The van der Waals surface area contributed by atoms with Crippen LogP contribution in [0.4, 0.5) is 0 Å². The third-order valence-corrected chi connectivity index (χ3v) is 2.98. The van der Waals surface area contributed by atoms with Crippen LogP contribution in [0.1, 0.15) is 44.7 Å². The predicted molar refractivity (Wildman–Crippen MR) is 72.7 cm³/mol. The summed E-state index contributed by atoms with van der Waals surface area (Å²) in [5.74, 6) is -0.322. The molecule has 0 aromatic carbocycles. The summed E-state index contributed by atoms with van der Waals surface area (Å²) in [6.45, 7) is 7.72. The molecule has 0 spiro atoms. The maximum absolute atomic E-state index is 12.1. The molecule has 2 atom stereocenters. The highest BCUT2D eigenvalue weighted by Crippen LogP contribution is 2.06. The normalized spacial score (nSPS) is 13.9. The van der Waals surface area contributed by atoms with Crippen LogP contribution in [0.2, 0.25) is 0 Å². The van der Waals surface area contributed by atoms with Crippen LogP contribution in [0, 0.1) is 5.92 Å². The van der Waals surface area contributed by atoms with E-state index in [0.29, 0.717) is 0 Å². The van der Waals surface area contributed by atoms with Gasteiger partial charge in [0, 0.05) is 6.04 Å². The third-order valence-electron chi connectivity index (χ3n) is 2.98. The molecule has 19 heavy (non-hydrogen) atoms. The number of hydrogen-bond donors (Lipinski definition) is 2. The van der Waals surface area contributed by atoms with Gasteiger partial charge in [-0.25, -0.2) is 0 Å². The fourth-order valence-corrected chi connectivity index (χ4v) is 1.59. The largest absolute Gasteiger partial charge is 0.459 e. The van der Waals surface area contributed by atoms with Crippen LogP contribution in [0.15, 0.2) is 22.8 Å². The Morgan fingerprint density at radius 1 is 1.26 bits per heavy atom. The van der Waals surface area contributed by atoms with Crippen molar-refractivity contribution in [1.29, 1.82) is 0 Å². The first-order chi connectivity index (χ1) is 8.95. The standard InChI is InChI=1S/C14H22N2O3/c1-5-10(4)15-14(18)12(9(2)3)16-13(17)11-7-6-8-19-11/h6-10,12H,5H2,1-4H3,(H,15,18)(H,16,17). The second kappa shape index (κ2) is 6.97. The summed E-state index contributed by atoms with van der Waals surface area (Å²) in [4.78, 5) is 24.0. The lowest BCUT2D eigenvalue weighted by atomic mass is 10.0. The SMILES string of the molecule is CCC(C)NC(=O)C(NC(=O)c1ccco1)C(C)C. The van der Waals surface area contributed by atoms with Gasteiger partial charge in [0.2, 0.25) is 5.91 Å². The van der Waals surface area contributed by atoms with E-state index in [4.69, 9.17) is 4.42 Å². The fourth-order valence-electron chi connectivity index (χ4n) is 1.59. The van der Waals surface area contributed by atoms with Crippen molar-refractivity contribution in [3.63, 3.8) is 0 Å². The average molecular weight is 266 g/mol. The zero-order valence-corrected chi connectivity index (χ0v) is 11.9. The van der Waals surface area contributed by atoms with Crippen LogP contribution < -0.4 is 10.6 Å². The van der Waals surface area contributed by atoms with Gasteiger partial charge in [0.25, 0.3) is 5.91 Å². The number of amides is 2. The van der Waals surface area contributed by atoms with Gasteiger partial charge < -0.3 is 15.1 Å². The predicted octanol–water partition coefficient (Wildman–Crippen LogP) is 1.95. The van der Waals surface area contributed by atoms with Gasteiger partial charge in [0.1, 0.15) is 6.04 Å². The molecule has 5 nitrogen and oxygen atoms in total. The minimum atomic E-state index is -0.563. The molecule has 2 unspecified atom stereocenters. The van der Waals surface area contributed by atoms with E-state index in [1.165, 1.54) is 6.26 Å². The zero-order chi connectivity index (χ0) is 14.4. The van der Waals surface area contributed by atoms with Crippen molar-refractivity contribution in [2.24, 2.45) is 5.92 Å². The van der Waals surface area contributed by atoms with Gasteiger partial charge >= 0.3 is 0 Å².